The molecule has 2 amide bonds. The van der Waals surface area contributed by atoms with Crippen LogP contribution in [0.15, 0.2) is 17.0 Å². The molecule has 0 bridgehead atoms. The number of nitrogens with zero attached hydrogens (tertiary/aromatic N) is 2. The molecular weight excluding hydrogens is 339 g/mol. The monoisotopic (exact) mass is 362 g/mol. The van der Waals surface area contributed by atoms with E-state index in [9.17, 15) is 14.0 Å². The SMILES string of the molecule is CCN1c2cc(F)c(/C=C3\SC(=O)N(C)C3=O)cc2C(C)CC1(C)C. The Balaban J connectivity index is 2.07. The average molecular weight is 362 g/mol. The van der Waals surface area contributed by atoms with E-state index in [4.69, 9.17) is 0 Å². The van der Waals surface area contributed by atoms with Crippen LogP contribution in [0.25, 0.3) is 6.08 Å². The summed E-state index contributed by atoms with van der Waals surface area (Å²) in [5.74, 6) is -0.455. The van der Waals surface area contributed by atoms with Gasteiger partial charge in [0, 0.05) is 30.4 Å². The standard InChI is InChI=1S/C19H23FN2O2S/c1-6-22-15-9-14(20)12(7-13(15)11(2)10-19(22,3)4)8-16-17(23)21(5)18(24)25-16/h7-9,11H,6,10H2,1-5H3/b16-8-. The number of carbonyl (C=O) groups excluding carboxylic acids is 2. The minimum Gasteiger partial charge on any atom is -0.366 e. The van der Waals surface area contributed by atoms with Crippen LogP contribution in [0.2, 0.25) is 0 Å². The minimum absolute atomic E-state index is 0.0278. The Bertz CT molecular complexity index is 788. The number of amides is 2. The molecule has 0 aliphatic carbocycles. The third-order valence-corrected chi connectivity index (χ3v) is 6.05. The summed E-state index contributed by atoms with van der Waals surface area (Å²) in [7, 11) is 1.44. The van der Waals surface area contributed by atoms with Gasteiger partial charge in [-0.25, -0.2) is 4.39 Å². The predicted octanol–water partition coefficient (Wildman–Crippen LogP) is 4.60. The molecule has 1 atom stereocenters. The molecule has 6 heteroatoms. The van der Waals surface area contributed by atoms with Gasteiger partial charge in [0.05, 0.1) is 4.91 Å². The van der Waals surface area contributed by atoms with Crippen molar-refractivity contribution in [3.8, 4) is 0 Å². The fraction of sp³-hybridized carbons (Fsp3) is 0.474. The number of hydrogen-bond donors (Lipinski definition) is 0. The lowest BCUT2D eigenvalue weighted by atomic mass is 9.79. The zero-order valence-electron chi connectivity index (χ0n) is 15.2. The summed E-state index contributed by atoms with van der Waals surface area (Å²) in [4.78, 5) is 27.2. The van der Waals surface area contributed by atoms with E-state index in [2.05, 4.69) is 32.6 Å². The van der Waals surface area contributed by atoms with Crippen LogP contribution in [-0.4, -0.2) is 35.2 Å². The van der Waals surface area contributed by atoms with E-state index in [-0.39, 0.29) is 27.4 Å². The fourth-order valence-electron chi connectivity index (χ4n) is 3.92. The van der Waals surface area contributed by atoms with Gasteiger partial charge in [-0.3, -0.25) is 14.5 Å². The number of rotatable bonds is 2. The summed E-state index contributed by atoms with van der Waals surface area (Å²) < 4.78 is 14.8. The van der Waals surface area contributed by atoms with Crippen molar-refractivity contribution in [3.05, 3.63) is 34.0 Å². The molecule has 1 unspecified atom stereocenters. The highest BCUT2D eigenvalue weighted by Gasteiger charge is 2.36. The van der Waals surface area contributed by atoms with Gasteiger partial charge < -0.3 is 4.90 Å². The zero-order valence-corrected chi connectivity index (χ0v) is 16.0. The highest BCUT2D eigenvalue weighted by Crippen LogP contribution is 2.44. The molecular formula is C19H23FN2O2S. The largest absolute Gasteiger partial charge is 0.366 e. The summed E-state index contributed by atoms with van der Waals surface area (Å²) in [5.41, 5.74) is 2.34. The number of thioether (sulfide) groups is 1. The van der Waals surface area contributed by atoms with Crippen LogP contribution < -0.4 is 4.90 Å². The van der Waals surface area contributed by atoms with Crippen molar-refractivity contribution in [2.45, 2.75) is 45.6 Å². The number of carbonyl (C=O) groups is 2. The summed E-state index contributed by atoms with van der Waals surface area (Å²) in [6, 6.07) is 3.40. The van der Waals surface area contributed by atoms with Crippen LogP contribution >= 0.6 is 11.8 Å². The topological polar surface area (TPSA) is 40.6 Å². The first-order valence-electron chi connectivity index (χ1n) is 8.48. The van der Waals surface area contributed by atoms with Crippen LogP contribution in [-0.2, 0) is 4.79 Å². The van der Waals surface area contributed by atoms with Crippen LogP contribution in [0, 0.1) is 5.82 Å². The van der Waals surface area contributed by atoms with Crippen molar-refractivity contribution in [1.29, 1.82) is 0 Å². The van der Waals surface area contributed by atoms with E-state index in [1.807, 2.05) is 6.07 Å². The van der Waals surface area contributed by atoms with Gasteiger partial charge in [0.2, 0.25) is 0 Å². The molecule has 2 aliphatic rings. The molecule has 0 aromatic heterocycles. The third kappa shape index (κ3) is 2.97. The Morgan fingerprint density at radius 3 is 2.60 bits per heavy atom. The predicted molar refractivity (Wildman–Crippen MR) is 100 cm³/mol. The maximum atomic E-state index is 14.8. The Labute approximate surface area is 152 Å². The molecule has 2 aliphatic heterocycles. The lowest BCUT2D eigenvalue weighted by Crippen LogP contribution is -2.48. The second-order valence-corrected chi connectivity index (χ2v) is 8.33. The van der Waals surface area contributed by atoms with E-state index >= 15 is 0 Å². The minimum atomic E-state index is -0.378. The van der Waals surface area contributed by atoms with Crippen molar-refractivity contribution < 1.29 is 14.0 Å². The summed E-state index contributed by atoms with van der Waals surface area (Å²) >= 11 is 0.850. The second kappa shape index (κ2) is 6.16. The molecule has 0 saturated carbocycles. The molecule has 4 nitrogen and oxygen atoms in total. The molecule has 2 heterocycles. The summed E-state index contributed by atoms with van der Waals surface area (Å²) in [5, 5.41) is -0.332. The van der Waals surface area contributed by atoms with Gasteiger partial charge in [-0.2, -0.15) is 0 Å². The quantitative estimate of drug-likeness (QED) is 0.721. The molecule has 3 rings (SSSR count). The summed E-state index contributed by atoms with van der Waals surface area (Å²) in [6.07, 6.45) is 2.47. The van der Waals surface area contributed by atoms with Crippen molar-refractivity contribution >= 4 is 34.7 Å². The maximum Gasteiger partial charge on any atom is 0.293 e. The van der Waals surface area contributed by atoms with E-state index < -0.39 is 0 Å². The average Bonchev–Trinajstić information content (AvgIpc) is 2.75. The van der Waals surface area contributed by atoms with Gasteiger partial charge in [-0.1, -0.05) is 6.92 Å². The fourth-order valence-corrected chi connectivity index (χ4v) is 4.74. The number of fused-ring (bicyclic) bond motifs is 1. The number of halogens is 1. The Hall–Kier alpha value is -1.82. The van der Waals surface area contributed by atoms with Crippen molar-refractivity contribution in [3.63, 3.8) is 0 Å². The molecule has 0 N–H and O–H groups in total. The second-order valence-electron chi connectivity index (χ2n) is 7.34. The van der Waals surface area contributed by atoms with Crippen molar-refractivity contribution in [2.24, 2.45) is 0 Å². The molecule has 1 saturated heterocycles. The Morgan fingerprint density at radius 1 is 1.36 bits per heavy atom. The van der Waals surface area contributed by atoms with Gasteiger partial charge in [0.15, 0.2) is 0 Å². The lowest BCUT2D eigenvalue weighted by Gasteiger charge is -2.47. The lowest BCUT2D eigenvalue weighted by molar-refractivity contribution is -0.121. The molecule has 1 fully saturated rings. The van der Waals surface area contributed by atoms with E-state index in [0.717, 1.165) is 40.9 Å². The van der Waals surface area contributed by atoms with Gasteiger partial charge in [-0.05, 0) is 68.6 Å². The molecule has 1 aromatic carbocycles. The molecule has 0 spiro atoms. The third-order valence-electron chi connectivity index (χ3n) is 5.09. The highest BCUT2D eigenvalue weighted by atomic mass is 32.2. The molecule has 25 heavy (non-hydrogen) atoms. The number of imide groups is 1. The van der Waals surface area contributed by atoms with Crippen LogP contribution in [0.5, 0.6) is 0 Å². The zero-order chi connectivity index (χ0) is 18.5. The normalized spacial score (nSPS) is 24.2. The highest BCUT2D eigenvalue weighted by molar-refractivity contribution is 8.18. The molecule has 0 radical (unpaired) electrons. The van der Waals surface area contributed by atoms with Crippen LogP contribution in [0.1, 0.15) is 51.2 Å². The summed E-state index contributed by atoms with van der Waals surface area (Å²) in [6.45, 7) is 9.39. The van der Waals surface area contributed by atoms with Gasteiger partial charge in [0.25, 0.3) is 11.1 Å². The first kappa shape index (κ1) is 18.0. The van der Waals surface area contributed by atoms with Gasteiger partial charge in [0.1, 0.15) is 5.82 Å². The van der Waals surface area contributed by atoms with E-state index in [1.165, 1.54) is 13.1 Å². The molecule has 134 valence electrons. The number of benzene rings is 1. The van der Waals surface area contributed by atoms with E-state index in [1.54, 1.807) is 6.07 Å². The van der Waals surface area contributed by atoms with Gasteiger partial charge in [-0.15, -0.1) is 0 Å². The van der Waals surface area contributed by atoms with Crippen LogP contribution in [0.3, 0.4) is 0 Å². The van der Waals surface area contributed by atoms with Crippen molar-refractivity contribution in [2.75, 3.05) is 18.5 Å². The van der Waals surface area contributed by atoms with Crippen molar-refractivity contribution in [1.82, 2.24) is 4.90 Å². The van der Waals surface area contributed by atoms with Gasteiger partial charge >= 0.3 is 0 Å². The van der Waals surface area contributed by atoms with Crippen LogP contribution in [0.4, 0.5) is 14.9 Å². The Morgan fingerprint density at radius 2 is 2.04 bits per heavy atom. The number of hydrogen-bond acceptors (Lipinski definition) is 4. The van der Waals surface area contributed by atoms with E-state index in [0.29, 0.717) is 11.5 Å². The first-order chi connectivity index (χ1) is 11.7. The number of likely N-dealkylation sites (N-methyl/N-ethyl adjacent to an activating group) is 1. The maximum absolute atomic E-state index is 14.8. The smallest absolute Gasteiger partial charge is 0.293 e. The first-order valence-corrected chi connectivity index (χ1v) is 9.30. The number of anilines is 1. The molecule has 1 aromatic rings. The Kier molecular flexibility index (Phi) is 4.43.